The van der Waals surface area contributed by atoms with Crippen LogP contribution in [0.5, 0.6) is 0 Å². The number of H-pyrrole nitrogens is 1. The lowest BCUT2D eigenvalue weighted by Crippen LogP contribution is -2.50. The van der Waals surface area contributed by atoms with E-state index in [0.717, 1.165) is 5.56 Å². The molecule has 138 valence electrons. The summed E-state index contributed by atoms with van der Waals surface area (Å²) in [7, 11) is 0. The lowest BCUT2D eigenvalue weighted by atomic mass is 10.2. The number of hydrogen-bond acceptors (Lipinski definition) is 7. The Kier molecular flexibility index (Phi) is 5.74. The molecule has 2 aromatic rings. The van der Waals surface area contributed by atoms with Gasteiger partial charge in [-0.2, -0.15) is 4.98 Å². The van der Waals surface area contributed by atoms with E-state index in [-0.39, 0.29) is 30.1 Å². The first-order valence-electron chi connectivity index (χ1n) is 8.09. The molecule has 0 unspecified atom stereocenters. The van der Waals surface area contributed by atoms with Crippen LogP contribution in [0.1, 0.15) is 5.56 Å². The van der Waals surface area contributed by atoms with Gasteiger partial charge in [0.2, 0.25) is 17.0 Å². The number of aromatic nitrogens is 3. The lowest BCUT2D eigenvalue weighted by Gasteiger charge is -2.32. The Balaban J connectivity index is 1.51. The molecule has 1 saturated heterocycles. The van der Waals surface area contributed by atoms with Crippen LogP contribution >= 0.6 is 11.8 Å². The maximum atomic E-state index is 12.4. The summed E-state index contributed by atoms with van der Waals surface area (Å²) in [5.41, 5.74) is 7.26. The minimum Gasteiger partial charge on any atom is -0.368 e. The second kappa shape index (κ2) is 8.19. The molecule has 1 aliphatic heterocycles. The zero-order valence-corrected chi connectivity index (χ0v) is 15.1. The fraction of sp³-hybridized carbons (Fsp3) is 0.375. The summed E-state index contributed by atoms with van der Waals surface area (Å²) >= 11 is 1.19. The van der Waals surface area contributed by atoms with Crippen LogP contribution in [0.3, 0.4) is 0 Å². The molecule has 1 atom stereocenters. The average molecular weight is 376 g/mol. The van der Waals surface area contributed by atoms with Crippen molar-refractivity contribution in [2.45, 2.75) is 18.2 Å². The number of benzene rings is 1. The van der Waals surface area contributed by atoms with E-state index in [1.54, 1.807) is 4.90 Å². The summed E-state index contributed by atoms with van der Waals surface area (Å²) < 4.78 is 5.52. The lowest BCUT2D eigenvalue weighted by molar-refractivity contribution is -0.142. The third-order valence-corrected chi connectivity index (χ3v) is 4.67. The summed E-state index contributed by atoms with van der Waals surface area (Å²) in [4.78, 5) is 30.3. The maximum Gasteiger partial charge on any atom is 0.255 e. The molecular formula is C16H20N6O3S. The van der Waals surface area contributed by atoms with Gasteiger partial charge < -0.3 is 20.7 Å². The van der Waals surface area contributed by atoms with Gasteiger partial charge in [0, 0.05) is 12.2 Å². The second-order valence-electron chi connectivity index (χ2n) is 5.85. The van der Waals surface area contributed by atoms with Gasteiger partial charge in [-0.05, 0) is 19.1 Å². The zero-order valence-electron chi connectivity index (χ0n) is 14.3. The highest BCUT2D eigenvalue weighted by Gasteiger charge is 2.29. The van der Waals surface area contributed by atoms with Gasteiger partial charge in [-0.15, -0.1) is 5.10 Å². The van der Waals surface area contributed by atoms with Crippen LogP contribution in [0.2, 0.25) is 0 Å². The molecule has 0 spiro atoms. The standard InChI is InChI=1S/C16H20N6O3S/c1-10-2-4-11(5-3-10)18-14(24)12-8-22(6-7-25-12)13(23)9-26-16-19-15(17)20-21-16/h2-5,12H,6-9H2,1H3,(H,18,24)(H3,17,19,20,21)/t12-/m1/s1. The number of nitrogens with zero attached hydrogens (tertiary/aromatic N) is 3. The van der Waals surface area contributed by atoms with E-state index >= 15 is 0 Å². The number of aryl methyl sites for hydroxylation is 1. The van der Waals surface area contributed by atoms with Crippen LogP contribution in [0.15, 0.2) is 29.4 Å². The van der Waals surface area contributed by atoms with E-state index in [2.05, 4.69) is 20.5 Å². The minimum atomic E-state index is -0.696. The highest BCUT2D eigenvalue weighted by molar-refractivity contribution is 7.99. The van der Waals surface area contributed by atoms with Crippen molar-refractivity contribution in [1.29, 1.82) is 0 Å². The van der Waals surface area contributed by atoms with Gasteiger partial charge in [0.1, 0.15) is 0 Å². The van der Waals surface area contributed by atoms with Gasteiger partial charge in [0.25, 0.3) is 5.91 Å². The normalized spacial score (nSPS) is 17.1. The molecule has 0 radical (unpaired) electrons. The van der Waals surface area contributed by atoms with E-state index in [9.17, 15) is 9.59 Å². The molecule has 10 heteroatoms. The quantitative estimate of drug-likeness (QED) is 0.654. The van der Waals surface area contributed by atoms with Gasteiger partial charge >= 0.3 is 0 Å². The molecule has 26 heavy (non-hydrogen) atoms. The number of hydrogen-bond donors (Lipinski definition) is 3. The highest BCUT2D eigenvalue weighted by Crippen LogP contribution is 2.16. The predicted molar refractivity (Wildman–Crippen MR) is 97.6 cm³/mol. The van der Waals surface area contributed by atoms with Crippen molar-refractivity contribution in [3.63, 3.8) is 0 Å². The first kappa shape index (κ1) is 18.2. The Morgan fingerprint density at radius 1 is 1.42 bits per heavy atom. The van der Waals surface area contributed by atoms with Crippen LogP contribution in [0.4, 0.5) is 11.6 Å². The maximum absolute atomic E-state index is 12.4. The van der Waals surface area contributed by atoms with Crippen LogP contribution < -0.4 is 11.1 Å². The summed E-state index contributed by atoms with van der Waals surface area (Å²) in [6.07, 6.45) is -0.696. The molecule has 0 saturated carbocycles. The van der Waals surface area contributed by atoms with E-state index < -0.39 is 6.10 Å². The number of thioether (sulfide) groups is 1. The van der Waals surface area contributed by atoms with Crippen molar-refractivity contribution in [2.75, 3.05) is 36.5 Å². The molecule has 3 rings (SSSR count). The largest absolute Gasteiger partial charge is 0.368 e. The molecule has 0 aliphatic carbocycles. The van der Waals surface area contributed by atoms with E-state index in [0.29, 0.717) is 24.0 Å². The molecule has 1 aliphatic rings. The fourth-order valence-electron chi connectivity index (χ4n) is 2.43. The number of nitrogen functional groups attached to an aromatic ring is 1. The second-order valence-corrected chi connectivity index (χ2v) is 6.79. The average Bonchev–Trinajstić information content (AvgIpc) is 3.07. The van der Waals surface area contributed by atoms with Crippen LogP contribution in [0, 0.1) is 6.92 Å². The van der Waals surface area contributed by atoms with Crippen molar-refractivity contribution in [3.8, 4) is 0 Å². The Morgan fingerprint density at radius 3 is 2.88 bits per heavy atom. The van der Waals surface area contributed by atoms with Crippen molar-refractivity contribution < 1.29 is 14.3 Å². The summed E-state index contributed by atoms with van der Waals surface area (Å²) in [6.45, 7) is 2.96. The van der Waals surface area contributed by atoms with E-state index in [1.165, 1.54) is 11.8 Å². The molecule has 4 N–H and O–H groups in total. The Hall–Kier alpha value is -2.59. The van der Waals surface area contributed by atoms with Crippen LogP contribution in [-0.2, 0) is 14.3 Å². The molecule has 1 aromatic heterocycles. The van der Waals surface area contributed by atoms with Gasteiger partial charge in [-0.25, -0.2) is 5.10 Å². The number of carbonyl (C=O) groups excluding carboxylic acids is 2. The van der Waals surface area contributed by atoms with Gasteiger partial charge in [0.05, 0.1) is 18.9 Å². The zero-order chi connectivity index (χ0) is 18.5. The molecule has 2 heterocycles. The third kappa shape index (κ3) is 4.73. The SMILES string of the molecule is Cc1ccc(NC(=O)[C@H]2CN(C(=O)CSc3n[nH]c(N)n3)CCO2)cc1. The number of aromatic amines is 1. The number of amides is 2. The number of carbonyl (C=O) groups is 2. The predicted octanol–water partition coefficient (Wildman–Crippen LogP) is 0.654. The molecule has 9 nitrogen and oxygen atoms in total. The third-order valence-electron chi connectivity index (χ3n) is 3.84. The van der Waals surface area contributed by atoms with Crippen molar-refractivity contribution >= 4 is 35.2 Å². The van der Waals surface area contributed by atoms with E-state index in [1.807, 2.05) is 31.2 Å². The van der Waals surface area contributed by atoms with Gasteiger partial charge in [0.15, 0.2) is 6.10 Å². The summed E-state index contributed by atoms with van der Waals surface area (Å²) in [5.74, 6) is 0.0126. The summed E-state index contributed by atoms with van der Waals surface area (Å²) in [6, 6.07) is 7.50. The number of nitrogens with two attached hydrogens (primary N) is 1. The Bertz CT molecular complexity index is 779. The van der Waals surface area contributed by atoms with Crippen molar-refractivity contribution in [3.05, 3.63) is 29.8 Å². The summed E-state index contributed by atoms with van der Waals surface area (Å²) in [5, 5.41) is 9.62. The van der Waals surface area contributed by atoms with Crippen LogP contribution in [-0.4, -0.2) is 63.4 Å². The highest BCUT2D eigenvalue weighted by atomic mass is 32.2. The smallest absolute Gasteiger partial charge is 0.255 e. The number of morpholine rings is 1. The van der Waals surface area contributed by atoms with Crippen LogP contribution in [0.25, 0.3) is 0 Å². The number of anilines is 2. The number of rotatable bonds is 5. The van der Waals surface area contributed by atoms with Crippen molar-refractivity contribution in [2.24, 2.45) is 0 Å². The Labute approximate surface area is 154 Å². The molecule has 1 aromatic carbocycles. The first-order valence-corrected chi connectivity index (χ1v) is 9.07. The molecule has 1 fully saturated rings. The monoisotopic (exact) mass is 376 g/mol. The first-order chi connectivity index (χ1) is 12.5. The van der Waals surface area contributed by atoms with E-state index in [4.69, 9.17) is 10.5 Å². The molecule has 2 amide bonds. The van der Waals surface area contributed by atoms with Crippen molar-refractivity contribution in [1.82, 2.24) is 20.1 Å². The van der Waals surface area contributed by atoms with Gasteiger partial charge in [-0.3, -0.25) is 9.59 Å². The number of nitrogens with one attached hydrogen (secondary N) is 2. The molecular weight excluding hydrogens is 356 g/mol. The topological polar surface area (TPSA) is 126 Å². The molecule has 0 bridgehead atoms. The van der Waals surface area contributed by atoms with Gasteiger partial charge in [-0.1, -0.05) is 29.5 Å². The minimum absolute atomic E-state index is 0.102. The fourth-order valence-corrected chi connectivity index (χ4v) is 3.14. The Morgan fingerprint density at radius 2 is 2.19 bits per heavy atom. The number of ether oxygens (including phenoxy) is 1.